The Kier molecular flexibility index (Phi) is 5.70. The smallest absolute Gasteiger partial charge is 0.220 e. The molecule has 0 saturated heterocycles. The van der Waals surface area contributed by atoms with E-state index in [1.807, 2.05) is 50.4 Å². The van der Waals surface area contributed by atoms with E-state index in [0.29, 0.717) is 19.4 Å². The van der Waals surface area contributed by atoms with Crippen LogP contribution in [0, 0.1) is 13.8 Å². The molecule has 1 aromatic carbocycles. The van der Waals surface area contributed by atoms with Crippen LogP contribution in [0.4, 0.5) is 0 Å². The lowest BCUT2D eigenvalue weighted by Gasteiger charge is -2.08. The first kappa shape index (κ1) is 19.6. The molecule has 4 aromatic rings. The Morgan fingerprint density at radius 2 is 1.97 bits per heavy atom. The third-order valence-electron chi connectivity index (χ3n) is 5.12. The third kappa shape index (κ3) is 4.30. The zero-order valence-electron chi connectivity index (χ0n) is 17.0. The monoisotopic (exact) mass is 401 g/mol. The second kappa shape index (κ2) is 8.73. The van der Waals surface area contributed by atoms with Crippen LogP contribution in [-0.4, -0.2) is 26.2 Å². The molecule has 0 saturated carbocycles. The summed E-state index contributed by atoms with van der Waals surface area (Å²) in [6.07, 6.45) is 6.36. The number of H-pyrrole nitrogens is 1. The van der Waals surface area contributed by atoms with Crippen LogP contribution in [0.3, 0.4) is 0 Å². The zero-order chi connectivity index (χ0) is 20.9. The third-order valence-corrected chi connectivity index (χ3v) is 5.12. The van der Waals surface area contributed by atoms with Crippen LogP contribution in [0.5, 0.6) is 0 Å². The number of carbonyl (C=O) groups excluding carboxylic acids is 1. The van der Waals surface area contributed by atoms with Gasteiger partial charge in [-0.05, 0) is 49.6 Å². The molecule has 4 rings (SSSR count). The summed E-state index contributed by atoms with van der Waals surface area (Å²) in [5.74, 6) is 0.775. The highest BCUT2D eigenvalue weighted by Gasteiger charge is 2.12. The first-order valence-corrected chi connectivity index (χ1v) is 9.83. The number of amides is 1. The first-order valence-electron chi connectivity index (χ1n) is 9.83. The summed E-state index contributed by atoms with van der Waals surface area (Å²) in [4.78, 5) is 16.4. The highest BCUT2D eigenvalue weighted by Crippen LogP contribution is 2.30. The number of carbonyl (C=O) groups is 1. The molecule has 2 N–H and O–H groups in total. The molecule has 0 aliphatic heterocycles. The van der Waals surface area contributed by atoms with Crippen molar-refractivity contribution in [2.75, 3.05) is 0 Å². The molecule has 0 atom stereocenters. The lowest BCUT2D eigenvalue weighted by molar-refractivity contribution is -0.121. The molecule has 0 spiro atoms. The molecule has 0 aliphatic rings. The SMILES string of the molecule is Cc1noc(C)c1CCC(=O)NCc1cccc(-c2[nH]ncc2-c2ccncc2)c1. The zero-order valence-corrected chi connectivity index (χ0v) is 17.0. The number of hydrogen-bond donors (Lipinski definition) is 2. The van der Waals surface area contributed by atoms with Crippen LogP contribution in [0.1, 0.15) is 29.0 Å². The maximum atomic E-state index is 12.3. The second-order valence-corrected chi connectivity index (χ2v) is 7.17. The van der Waals surface area contributed by atoms with Gasteiger partial charge in [0.1, 0.15) is 5.76 Å². The molecule has 0 radical (unpaired) electrons. The van der Waals surface area contributed by atoms with E-state index in [4.69, 9.17) is 4.52 Å². The molecular weight excluding hydrogens is 378 g/mol. The fraction of sp³-hybridized carbons (Fsp3) is 0.217. The molecule has 1 amide bonds. The van der Waals surface area contributed by atoms with Gasteiger partial charge in [-0.25, -0.2) is 0 Å². The van der Waals surface area contributed by atoms with Crippen molar-refractivity contribution < 1.29 is 9.32 Å². The van der Waals surface area contributed by atoms with Crippen LogP contribution < -0.4 is 5.32 Å². The van der Waals surface area contributed by atoms with Crippen molar-refractivity contribution >= 4 is 5.91 Å². The molecule has 7 nitrogen and oxygen atoms in total. The van der Waals surface area contributed by atoms with Gasteiger partial charge in [0, 0.05) is 42.0 Å². The van der Waals surface area contributed by atoms with Crippen molar-refractivity contribution in [3.63, 3.8) is 0 Å². The number of hydrogen-bond acceptors (Lipinski definition) is 5. The quantitative estimate of drug-likeness (QED) is 0.488. The van der Waals surface area contributed by atoms with Crippen LogP contribution in [-0.2, 0) is 17.8 Å². The van der Waals surface area contributed by atoms with Gasteiger partial charge in [-0.3, -0.25) is 14.9 Å². The summed E-state index contributed by atoms with van der Waals surface area (Å²) in [6.45, 7) is 4.23. The fourth-order valence-corrected chi connectivity index (χ4v) is 3.48. The number of aryl methyl sites for hydroxylation is 2. The molecule has 3 heterocycles. The van der Waals surface area contributed by atoms with Gasteiger partial charge >= 0.3 is 0 Å². The highest BCUT2D eigenvalue weighted by molar-refractivity contribution is 5.80. The van der Waals surface area contributed by atoms with E-state index in [-0.39, 0.29) is 5.91 Å². The number of nitrogens with one attached hydrogen (secondary N) is 2. The Hall–Kier alpha value is -3.74. The van der Waals surface area contributed by atoms with Gasteiger partial charge in [-0.15, -0.1) is 0 Å². The fourth-order valence-electron chi connectivity index (χ4n) is 3.48. The predicted molar refractivity (Wildman–Crippen MR) is 113 cm³/mol. The summed E-state index contributed by atoms with van der Waals surface area (Å²) in [5, 5.41) is 14.2. The normalized spacial score (nSPS) is 10.9. The van der Waals surface area contributed by atoms with E-state index < -0.39 is 0 Å². The Bertz CT molecular complexity index is 1130. The molecule has 152 valence electrons. The molecule has 0 unspecified atom stereocenters. The van der Waals surface area contributed by atoms with E-state index in [2.05, 4.69) is 31.7 Å². The summed E-state index contributed by atoms with van der Waals surface area (Å²) in [6, 6.07) is 12.0. The van der Waals surface area contributed by atoms with Gasteiger partial charge < -0.3 is 9.84 Å². The molecule has 3 aromatic heterocycles. The highest BCUT2D eigenvalue weighted by atomic mass is 16.5. The van der Waals surface area contributed by atoms with E-state index in [9.17, 15) is 4.79 Å². The van der Waals surface area contributed by atoms with E-state index >= 15 is 0 Å². The lowest BCUT2D eigenvalue weighted by atomic mass is 10.0. The number of aromatic amines is 1. The van der Waals surface area contributed by atoms with Crippen LogP contribution in [0.15, 0.2) is 59.5 Å². The summed E-state index contributed by atoms with van der Waals surface area (Å²) in [5.41, 5.74) is 6.89. The van der Waals surface area contributed by atoms with Gasteiger partial charge in [0.25, 0.3) is 0 Å². The summed E-state index contributed by atoms with van der Waals surface area (Å²) < 4.78 is 5.15. The van der Waals surface area contributed by atoms with Crippen molar-refractivity contribution in [2.24, 2.45) is 0 Å². The van der Waals surface area contributed by atoms with Gasteiger partial charge in [0.2, 0.25) is 5.91 Å². The van der Waals surface area contributed by atoms with Crippen molar-refractivity contribution in [3.8, 4) is 22.4 Å². The number of benzene rings is 1. The topological polar surface area (TPSA) is 96.7 Å². The Morgan fingerprint density at radius 3 is 2.73 bits per heavy atom. The first-order chi connectivity index (χ1) is 14.6. The van der Waals surface area contributed by atoms with Crippen molar-refractivity contribution in [1.82, 2.24) is 25.7 Å². The summed E-state index contributed by atoms with van der Waals surface area (Å²) in [7, 11) is 0. The second-order valence-electron chi connectivity index (χ2n) is 7.17. The standard InChI is InChI=1S/C23H23N5O2/c1-15-20(16(2)30-28-15)6-7-22(29)25-13-17-4-3-5-19(12-17)23-21(14-26-27-23)18-8-10-24-11-9-18/h3-5,8-12,14H,6-7,13H2,1-2H3,(H,25,29)(H,26,27). The maximum absolute atomic E-state index is 12.3. The van der Waals surface area contributed by atoms with Crippen LogP contribution in [0.25, 0.3) is 22.4 Å². The van der Waals surface area contributed by atoms with E-state index in [0.717, 1.165) is 45.0 Å². The number of pyridine rings is 1. The molecule has 0 aliphatic carbocycles. The van der Waals surface area contributed by atoms with Crippen molar-refractivity contribution in [1.29, 1.82) is 0 Å². The average molecular weight is 401 g/mol. The van der Waals surface area contributed by atoms with Crippen molar-refractivity contribution in [2.45, 2.75) is 33.2 Å². The van der Waals surface area contributed by atoms with Crippen molar-refractivity contribution in [3.05, 3.63) is 77.6 Å². The predicted octanol–water partition coefficient (Wildman–Crippen LogP) is 3.99. The Balaban J connectivity index is 1.41. The lowest BCUT2D eigenvalue weighted by Crippen LogP contribution is -2.23. The molecule has 30 heavy (non-hydrogen) atoms. The van der Waals surface area contributed by atoms with E-state index in [1.54, 1.807) is 12.4 Å². The van der Waals surface area contributed by atoms with Gasteiger partial charge in [0.05, 0.1) is 17.6 Å². The van der Waals surface area contributed by atoms with Gasteiger partial charge in [-0.1, -0.05) is 23.4 Å². The van der Waals surface area contributed by atoms with Crippen LogP contribution >= 0.6 is 0 Å². The van der Waals surface area contributed by atoms with Gasteiger partial charge in [0.15, 0.2) is 0 Å². The number of nitrogens with zero attached hydrogens (tertiary/aromatic N) is 3. The minimum atomic E-state index is -0.000539. The minimum absolute atomic E-state index is 0.000539. The Morgan fingerprint density at radius 1 is 1.13 bits per heavy atom. The molecule has 7 heteroatoms. The van der Waals surface area contributed by atoms with Crippen LogP contribution in [0.2, 0.25) is 0 Å². The maximum Gasteiger partial charge on any atom is 0.220 e. The average Bonchev–Trinajstić information content (AvgIpc) is 3.39. The number of rotatable bonds is 7. The minimum Gasteiger partial charge on any atom is -0.361 e. The summed E-state index contributed by atoms with van der Waals surface area (Å²) >= 11 is 0. The largest absolute Gasteiger partial charge is 0.361 e. The molecule has 0 bridgehead atoms. The molecular formula is C23H23N5O2. The number of aromatic nitrogens is 4. The van der Waals surface area contributed by atoms with Gasteiger partial charge in [-0.2, -0.15) is 5.10 Å². The van der Waals surface area contributed by atoms with E-state index in [1.165, 1.54) is 0 Å². The Labute approximate surface area is 174 Å². The molecule has 0 fully saturated rings.